The molecule has 2 fully saturated rings. The van der Waals surface area contributed by atoms with E-state index < -0.39 is 0 Å². The van der Waals surface area contributed by atoms with Crippen molar-refractivity contribution in [3.8, 4) is 0 Å². The van der Waals surface area contributed by atoms with Gasteiger partial charge in [0.15, 0.2) is 0 Å². The van der Waals surface area contributed by atoms with E-state index in [4.69, 9.17) is 9.47 Å². The molecular weight excluding hydrogens is 204 g/mol. The lowest BCUT2D eigenvalue weighted by Crippen LogP contribution is -2.60. The van der Waals surface area contributed by atoms with Crippen LogP contribution in [0.4, 0.5) is 0 Å². The van der Waals surface area contributed by atoms with Crippen LogP contribution in [0.2, 0.25) is 0 Å². The molecule has 2 saturated heterocycles. The predicted molar refractivity (Wildman–Crippen MR) is 63.2 cm³/mol. The minimum atomic E-state index is 0.934. The van der Waals surface area contributed by atoms with Crippen molar-refractivity contribution in [2.24, 2.45) is 0 Å². The molecule has 4 heteroatoms. The summed E-state index contributed by atoms with van der Waals surface area (Å²) in [6, 6.07) is 0. The van der Waals surface area contributed by atoms with Gasteiger partial charge >= 0.3 is 0 Å². The van der Waals surface area contributed by atoms with Gasteiger partial charge in [-0.25, -0.2) is 0 Å². The van der Waals surface area contributed by atoms with E-state index in [1.165, 1.54) is 48.2 Å². The molecular formula is C12H26N2O2+2. The standard InChI is InChI=1S/C12H26N2O2/c1-13(5-9-15-10-6-13)3-4-14(2)7-11-16-12-8-14/h3-12H2,1-2H3/q+2. The Balaban J connectivity index is 1.80. The minimum absolute atomic E-state index is 0.934. The Morgan fingerprint density at radius 2 is 1.00 bits per heavy atom. The molecule has 0 radical (unpaired) electrons. The second-order valence-electron chi connectivity index (χ2n) is 5.81. The van der Waals surface area contributed by atoms with Crippen LogP contribution >= 0.6 is 0 Å². The van der Waals surface area contributed by atoms with Crippen LogP contribution in [0.5, 0.6) is 0 Å². The Labute approximate surface area is 98.9 Å². The highest BCUT2D eigenvalue weighted by Gasteiger charge is 2.31. The third-order valence-electron chi connectivity index (χ3n) is 4.28. The summed E-state index contributed by atoms with van der Waals surface area (Å²) in [5.74, 6) is 0. The summed E-state index contributed by atoms with van der Waals surface area (Å²) < 4.78 is 13.3. The number of rotatable bonds is 3. The van der Waals surface area contributed by atoms with E-state index in [1.807, 2.05) is 0 Å². The first-order valence-electron chi connectivity index (χ1n) is 6.45. The zero-order chi connectivity index (χ0) is 11.5. The van der Waals surface area contributed by atoms with Gasteiger partial charge in [0.05, 0.1) is 40.5 Å². The molecule has 0 aliphatic carbocycles. The van der Waals surface area contributed by atoms with Gasteiger partial charge in [-0.15, -0.1) is 0 Å². The van der Waals surface area contributed by atoms with Crippen LogP contribution < -0.4 is 0 Å². The van der Waals surface area contributed by atoms with Crippen molar-refractivity contribution in [3.05, 3.63) is 0 Å². The first-order valence-corrected chi connectivity index (χ1v) is 6.45. The number of hydrogen-bond acceptors (Lipinski definition) is 2. The van der Waals surface area contributed by atoms with E-state index in [0.717, 1.165) is 26.4 Å². The Morgan fingerprint density at radius 3 is 1.31 bits per heavy atom. The maximum absolute atomic E-state index is 5.44. The van der Waals surface area contributed by atoms with Crippen LogP contribution in [0.25, 0.3) is 0 Å². The van der Waals surface area contributed by atoms with Crippen molar-refractivity contribution < 1.29 is 18.4 Å². The monoisotopic (exact) mass is 230 g/mol. The third-order valence-corrected chi connectivity index (χ3v) is 4.28. The Kier molecular flexibility index (Phi) is 3.85. The van der Waals surface area contributed by atoms with Gasteiger partial charge in [0.25, 0.3) is 0 Å². The normalized spacial score (nSPS) is 28.9. The number of morpholine rings is 2. The van der Waals surface area contributed by atoms with Crippen LogP contribution in [0, 0.1) is 0 Å². The molecule has 0 aromatic carbocycles. The minimum Gasteiger partial charge on any atom is -0.370 e. The fourth-order valence-electron chi connectivity index (χ4n) is 2.50. The molecule has 0 saturated carbocycles. The highest BCUT2D eigenvalue weighted by atomic mass is 16.5. The van der Waals surface area contributed by atoms with Gasteiger partial charge in [0.1, 0.15) is 39.3 Å². The molecule has 94 valence electrons. The Bertz CT molecular complexity index is 197. The summed E-state index contributed by atoms with van der Waals surface area (Å²) in [7, 11) is 4.74. The number of hydrogen-bond donors (Lipinski definition) is 0. The molecule has 0 unspecified atom stereocenters. The van der Waals surface area contributed by atoms with Gasteiger partial charge in [0.2, 0.25) is 0 Å². The van der Waals surface area contributed by atoms with E-state index >= 15 is 0 Å². The molecule has 4 nitrogen and oxygen atoms in total. The van der Waals surface area contributed by atoms with Gasteiger partial charge in [-0.1, -0.05) is 0 Å². The average Bonchev–Trinajstić information content (AvgIpc) is 2.29. The Morgan fingerprint density at radius 1 is 0.688 bits per heavy atom. The number of likely N-dealkylation sites (N-methyl/N-ethyl adjacent to an activating group) is 2. The zero-order valence-corrected chi connectivity index (χ0v) is 10.8. The molecule has 0 N–H and O–H groups in total. The topological polar surface area (TPSA) is 18.5 Å². The maximum atomic E-state index is 5.44. The second-order valence-corrected chi connectivity index (χ2v) is 5.81. The quantitative estimate of drug-likeness (QED) is 0.633. The van der Waals surface area contributed by atoms with E-state index in [9.17, 15) is 0 Å². The smallest absolute Gasteiger partial charge is 0.128 e. The van der Waals surface area contributed by atoms with Crippen molar-refractivity contribution in [3.63, 3.8) is 0 Å². The molecule has 2 rings (SSSR count). The number of ether oxygens (including phenoxy) is 2. The van der Waals surface area contributed by atoms with Crippen LogP contribution in [0.15, 0.2) is 0 Å². The van der Waals surface area contributed by atoms with Crippen molar-refractivity contribution >= 4 is 0 Å². The molecule has 16 heavy (non-hydrogen) atoms. The molecule has 0 aromatic rings. The van der Waals surface area contributed by atoms with E-state index in [2.05, 4.69) is 14.1 Å². The highest BCUT2D eigenvalue weighted by Crippen LogP contribution is 2.12. The fraction of sp³-hybridized carbons (Fsp3) is 1.00. The molecule has 2 aliphatic rings. The molecule has 0 aromatic heterocycles. The van der Waals surface area contributed by atoms with Crippen molar-refractivity contribution in [1.29, 1.82) is 0 Å². The predicted octanol–water partition coefficient (Wildman–Crippen LogP) is -0.0600. The van der Waals surface area contributed by atoms with Crippen molar-refractivity contribution in [2.75, 3.05) is 79.8 Å². The number of nitrogens with zero attached hydrogens (tertiary/aromatic N) is 2. The van der Waals surface area contributed by atoms with Crippen LogP contribution in [0.1, 0.15) is 0 Å². The Hall–Kier alpha value is -0.160. The molecule has 0 atom stereocenters. The summed E-state index contributed by atoms with van der Waals surface area (Å²) in [6.07, 6.45) is 0. The molecule has 0 amide bonds. The number of quaternary nitrogens is 2. The molecule has 0 spiro atoms. The summed E-state index contributed by atoms with van der Waals surface area (Å²) in [4.78, 5) is 0. The lowest BCUT2D eigenvalue weighted by Gasteiger charge is -2.42. The van der Waals surface area contributed by atoms with Crippen molar-refractivity contribution in [2.45, 2.75) is 0 Å². The molecule has 2 aliphatic heterocycles. The second kappa shape index (κ2) is 5.00. The van der Waals surface area contributed by atoms with Gasteiger partial charge in [-0.05, 0) is 0 Å². The van der Waals surface area contributed by atoms with E-state index in [0.29, 0.717) is 0 Å². The van der Waals surface area contributed by atoms with Crippen LogP contribution in [-0.2, 0) is 9.47 Å². The summed E-state index contributed by atoms with van der Waals surface area (Å²) in [5.41, 5.74) is 0. The van der Waals surface area contributed by atoms with Crippen molar-refractivity contribution in [1.82, 2.24) is 0 Å². The molecule has 2 heterocycles. The summed E-state index contributed by atoms with van der Waals surface area (Å²) in [5, 5.41) is 0. The molecule has 0 bridgehead atoms. The third kappa shape index (κ3) is 3.17. The maximum Gasteiger partial charge on any atom is 0.128 e. The summed E-state index contributed by atoms with van der Waals surface area (Å²) >= 11 is 0. The first kappa shape index (κ1) is 12.3. The fourth-order valence-corrected chi connectivity index (χ4v) is 2.50. The highest BCUT2D eigenvalue weighted by molar-refractivity contribution is 4.50. The van der Waals surface area contributed by atoms with Gasteiger partial charge < -0.3 is 18.4 Å². The first-order chi connectivity index (χ1) is 7.62. The lowest BCUT2D eigenvalue weighted by molar-refractivity contribution is -0.970. The lowest BCUT2D eigenvalue weighted by atomic mass is 10.2. The largest absolute Gasteiger partial charge is 0.370 e. The summed E-state index contributed by atoms with van der Waals surface area (Å²) in [6.45, 7) is 11.0. The zero-order valence-electron chi connectivity index (χ0n) is 10.8. The van der Waals surface area contributed by atoms with Gasteiger partial charge in [0, 0.05) is 0 Å². The SMILES string of the molecule is C[N+]1(CC[N+]2(C)CCOCC2)CCOCC1. The van der Waals surface area contributed by atoms with Gasteiger partial charge in [-0.3, -0.25) is 0 Å². The van der Waals surface area contributed by atoms with Gasteiger partial charge in [-0.2, -0.15) is 0 Å². The van der Waals surface area contributed by atoms with Crippen LogP contribution in [0.3, 0.4) is 0 Å². The van der Waals surface area contributed by atoms with E-state index in [1.54, 1.807) is 0 Å². The van der Waals surface area contributed by atoms with Crippen LogP contribution in [-0.4, -0.2) is 88.8 Å². The average molecular weight is 230 g/mol. The van der Waals surface area contributed by atoms with E-state index in [-0.39, 0.29) is 0 Å².